The maximum absolute atomic E-state index is 13.3. The van der Waals surface area contributed by atoms with Crippen LogP contribution in [0.5, 0.6) is 0 Å². The first kappa shape index (κ1) is 10.7. The van der Waals surface area contributed by atoms with E-state index in [1.54, 1.807) is 0 Å². The summed E-state index contributed by atoms with van der Waals surface area (Å²) in [6, 6.07) is 7.11. The first-order chi connectivity index (χ1) is 7.61. The normalized spacial score (nSPS) is 10.5. The highest BCUT2D eigenvalue weighted by Gasteiger charge is 2.16. The van der Waals surface area contributed by atoms with Gasteiger partial charge in [-0.15, -0.1) is 0 Å². The third kappa shape index (κ3) is 1.66. The summed E-state index contributed by atoms with van der Waals surface area (Å²) in [5, 5.41) is 0. The summed E-state index contributed by atoms with van der Waals surface area (Å²) < 4.78 is 52.8. The predicted molar refractivity (Wildman–Crippen MR) is 50.5 cm³/mol. The standard InChI is InChI=1S/C12H5F4/c13-8-4-2-5-9(14)11(8)7-3-1-6-10(15)12(7)16/h1,3-6H. The highest BCUT2D eigenvalue weighted by Crippen LogP contribution is 2.28. The van der Waals surface area contributed by atoms with Crippen molar-refractivity contribution in [2.24, 2.45) is 0 Å². The molecule has 2 rings (SSSR count). The Labute approximate surface area is 89.2 Å². The minimum atomic E-state index is -1.27. The van der Waals surface area contributed by atoms with Gasteiger partial charge in [0.25, 0.3) is 0 Å². The van der Waals surface area contributed by atoms with E-state index >= 15 is 0 Å². The van der Waals surface area contributed by atoms with Crippen LogP contribution in [0.3, 0.4) is 0 Å². The Hall–Kier alpha value is -1.84. The molecule has 0 saturated carbocycles. The molecule has 0 aromatic heterocycles. The molecule has 0 aliphatic rings. The van der Waals surface area contributed by atoms with Gasteiger partial charge >= 0.3 is 0 Å². The summed E-state index contributed by atoms with van der Waals surface area (Å²) in [5.41, 5.74) is -1.03. The van der Waals surface area contributed by atoms with Crippen LogP contribution in [0.25, 0.3) is 11.1 Å². The van der Waals surface area contributed by atoms with Crippen LogP contribution in [0.1, 0.15) is 0 Å². The third-order valence-corrected chi connectivity index (χ3v) is 2.12. The van der Waals surface area contributed by atoms with Crippen LogP contribution < -0.4 is 0 Å². The van der Waals surface area contributed by atoms with Gasteiger partial charge in [0.05, 0.1) is 5.56 Å². The number of rotatable bonds is 1. The first-order valence-corrected chi connectivity index (χ1v) is 4.40. The maximum Gasteiger partial charge on any atom is 0.166 e. The van der Waals surface area contributed by atoms with Crippen molar-refractivity contribution in [1.29, 1.82) is 0 Å². The number of hydrogen-bond donors (Lipinski definition) is 0. The van der Waals surface area contributed by atoms with Gasteiger partial charge in [-0.05, 0) is 24.3 Å². The Morgan fingerprint density at radius 1 is 0.812 bits per heavy atom. The number of benzene rings is 2. The molecule has 0 heterocycles. The van der Waals surface area contributed by atoms with Gasteiger partial charge in [0.15, 0.2) is 11.6 Å². The number of halogens is 4. The van der Waals surface area contributed by atoms with Gasteiger partial charge in [0.2, 0.25) is 0 Å². The lowest BCUT2D eigenvalue weighted by Gasteiger charge is -2.06. The average Bonchev–Trinajstić information content (AvgIpc) is 2.24. The number of hydrogen-bond acceptors (Lipinski definition) is 0. The molecular weight excluding hydrogens is 220 g/mol. The molecule has 0 saturated heterocycles. The van der Waals surface area contributed by atoms with Crippen molar-refractivity contribution >= 4 is 0 Å². The smallest absolute Gasteiger partial charge is 0.166 e. The Morgan fingerprint density at radius 2 is 1.44 bits per heavy atom. The molecule has 0 bridgehead atoms. The highest BCUT2D eigenvalue weighted by atomic mass is 19.2. The van der Waals surface area contributed by atoms with Crippen LogP contribution in [0.2, 0.25) is 0 Å². The van der Waals surface area contributed by atoms with Gasteiger partial charge in [0.1, 0.15) is 11.6 Å². The lowest BCUT2D eigenvalue weighted by atomic mass is 10.0. The fraction of sp³-hybridized carbons (Fsp3) is 0. The summed E-state index contributed by atoms with van der Waals surface area (Å²) in [6.45, 7) is 0. The second-order valence-corrected chi connectivity index (χ2v) is 3.13. The van der Waals surface area contributed by atoms with Crippen LogP contribution in [-0.2, 0) is 0 Å². The monoisotopic (exact) mass is 225 g/mol. The molecule has 0 unspecified atom stereocenters. The van der Waals surface area contributed by atoms with E-state index in [0.717, 1.165) is 24.3 Å². The minimum Gasteiger partial charge on any atom is -0.206 e. The topological polar surface area (TPSA) is 0 Å². The second-order valence-electron chi connectivity index (χ2n) is 3.13. The average molecular weight is 225 g/mol. The Kier molecular flexibility index (Phi) is 2.64. The van der Waals surface area contributed by atoms with Crippen molar-refractivity contribution in [1.82, 2.24) is 0 Å². The van der Waals surface area contributed by atoms with Crippen LogP contribution in [0.4, 0.5) is 17.6 Å². The van der Waals surface area contributed by atoms with E-state index in [2.05, 4.69) is 6.07 Å². The van der Waals surface area contributed by atoms with E-state index in [0.29, 0.717) is 0 Å². The molecule has 0 nitrogen and oxygen atoms in total. The zero-order valence-electron chi connectivity index (χ0n) is 7.90. The second kappa shape index (κ2) is 3.96. The van der Waals surface area contributed by atoms with E-state index in [9.17, 15) is 17.6 Å². The fourth-order valence-electron chi connectivity index (χ4n) is 1.40. The first-order valence-electron chi connectivity index (χ1n) is 4.40. The molecule has 4 heteroatoms. The summed E-state index contributed by atoms with van der Waals surface area (Å²) in [4.78, 5) is 0. The Bertz CT molecular complexity index is 514. The molecule has 2 aromatic rings. The molecule has 0 N–H and O–H groups in total. The molecule has 0 aliphatic heterocycles. The van der Waals surface area contributed by atoms with Gasteiger partial charge in [-0.25, -0.2) is 17.6 Å². The van der Waals surface area contributed by atoms with E-state index in [1.807, 2.05) is 0 Å². The zero-order chi connectivity index (χ0) is 11.7. The molecule has 1 radical (unpaired) electrons. The zero-order valence-corrected chi connectivity index (χ0v) is 7.90. The molecule has 0 aliphatic carbocycles. The molecular formula is C12H5F4. The summed E-state index contributed by atoms with van der Waals surface area (Å²) in [7, 11) is 0. The molecule has 0 amide bonds. The van der Waals surface area contributed by atoms with Crippen molar-refractivity contribution in [3.8, 4) is 11.1 Å². The van der Waals surface area contributed by atoms with Crippen LogP contribution in [-0.4, -0.2) is 0 Å². The molecule has 0 spiro atoms. The summed E-state index contributed by atoms with van der Waals surface area (Å²) in [6.07, 6.45) is 0. The molecule has 0 fully saturated rings. The Balaban J connectivity index is 2.73. The molecule has 2 aromatic carbocycles. The van der Waals surface area contributed by atoms with E-state index in [4.69, 9.17) is 0 Å². The van der Waals surface area contributed by atoms with Crippen LogP contribution in [0.15, 0.2) is 30.3 Å². The lowest BCUT2D eigenvalue weighted by Crippen LogP contribution is -1.95. The summed E-state index contributed by atoms with van der Waals surface area (Å²) >= 11 is 0. The van der Waals surface area contributed by atoms with E-state index in [1.165, 1.54) is 6.07 Å². The lowest BCUT2D eigenvalue weighted by molar-refractivity contribution is 0.508. The van der Waals surface area contributed by atoms with Crippen molar-refractivity contribution in [2.75, 3.05) is 0 Å². The molecule has 81 valence electrons. The van der Waals surface area contributed by atoms with Crippen LogP contribution in [0, 0.1) is 29.3 Å². The van der Waals surface area contributed by atoms with Crippen LogP contribution >= 0.6 is 0 Å². The molecule has 16 heavy (non-hydrogen) atoms. The maximum atomic E-state index is 13.3. The van der Waals surface area contributed by atoms with E-state index < -0.39 is 34.4 Å². The fourth-order valence-corrected chi connectivity index (χ4v) is 1.40. The predicted octanol–water partition coefficient (Wildman–Crippen LogP) is 3.71. The largest absolute Gasteiger partial charge is 0.206 e. The molecule has 0 atom stereocenters. The van der Waals surface area contributed by atoms with Gasteiger partial charge in [0, 0.05) is 5.56 Å². The van der Waals surface area contributed by atoms with Crippen molar-refractivity contribution in [3.63, 3.8) is 0 Å². The van der Waals surface area contributed by atoms with Crippen molar-refractivity contribution < 1.29 is 17.6 Å². The Morgan fingerprint density at radius 3 is 2.06 bits per heavy atom. The van der Waals surface area contributed by atoms with E-state index in [-0.39, 0.29) is 0 Å². The van der Waals surface area contributed by atoms with Crippen molar-refractivity contribution in [2.45, 2.75) is 0 Å². The van der Waals surface area contributed by atoms with Crippen molar-refractivity contribution in [3.05, 3.63) is 59.7 Å². The third-order valence-electron chi connectivity index (χ3n) is 2.12. The minimum absolute atomic E-state index is 0.441. The highest BCUT2D eigenvalue weighted by molar-refractivity contribution is 5.65. The van der Waals surface area contributed by atoms with Gasteiger partial charge in [-0.2, -0.15) is 0 Å². The van der Waals surface area contributed by atoms with Gasteiger partial charge < -0.3 is 0 Å². The summed E-state index contributed by atoms with van der Waals surface area (Å²) in [5.74, 6) is -4.38. The van der Waals surface area contributed by atoms with Gasteiger partial charge in [-0.3, -0.25) is 0 Å². The quantitative estimate of drug-likeness (QED) is 0.649. The SMILES string of the molecule is Fc1cccc(-c2c(F)c[c]cc2F)c1F. The van der Waals surface area contributed by atoms with Gasteiger partial charge in [-0.1, -0.05) is 12.1 Å².